The molecule has 5 N–H and O–H groups in total. The molecule has 2 unspecified atom stereocenters. The lowest BCUT2D eigenvalue weighted by Crippen LogP contribution is -2.53. The maximum Gasteiger partial charge on any atom is 0.407 e. The standard InChI is InChI=1S/C38H45N9O9S/c1-45(30-11-12-32(49)44-36(30)51)37(52)29-18-27(8-5-24(29)21-48)46-16-13-23(14-17-46)22-56-38(53)42-26-4-3-15-47(20-26)31-19-40-33(34(39)50)35(43-31)41-25-6-9-28(10-7-25)57(2,54)55/h5-10,18-19,21,23,26,30H,3-4,11-17,20,22H2,1-2H3,(H2,39,50)(H,41,43)(H,42,53)(H,44,49,51). The van der Waals surface area contributed by atoms with Crippen LogP contribution in [0.15, 0.2) is 53.6 Å². The number of likely N-dealkylation sites (N-methyl/N-ethyl adjacent to an activating group) is 1. The first-order chi connectivity index (χ1) is 27.2. The zero-order chi connectivity index (χ0) is 40.9. The third-order valence-corrected chi connectivity index (χ3v) is 11.6. The van der Waals surface area contributed by atoms with Crippen LogP contribution in [0.5, 0.6) is 0 Å². The molecule has 3 aromatic rings. The quantitative estimate of drug-likeness (QED) is 0.151. The van der Waals surface area contributed by atoms with Gasteiger partial charge in [-0.1, -0.05) is 0 Å². The molecule has 3 aliphatic rings. The number of piperidine rings is 3. The summed E-state index contributed by atoms with van der Waals surface area (Å²) in [4.78, 5) is 88.6. The van der Waals surface area contributed by atoms with Crippen LogP contribution in [-0.4, -0.2) is 117 Å². The van der Waals surface area contributed by atoms with E-state index in [0.29, 0.717) is 50.4 Å². The van der Waals surface area contributed by atoms with E-state index in [2.05, 4.69) is 30.8 Å². The van der Waals surface area contributed by atoms with Gasteiger partial charge in [0, 0.05) is 68.9 Å². The minimum atomic E-state index is -3.39. The molecule has 18 nitrogen and oxygen atoms in total. The van der Waals surface area contributed by atoms with E-state index < -0.39 is 39.7 Å². The summed E-state index contributed by atoms with van der Waals surface area (Å²) in [5.74, 6) is -1.53. The van der Waals surface area contributed by atoms with E-state index in [-0.39, 0.29) is 64.8 Å². The number of amides is 5. The van der Waals surface area contributed by atoms with Crippen molar-refractivity contribution in [3.05, 3.63) is 65.5 Å². The average molecular weight is 804 g/mol. The number of benzene rings is 2. The predicted octanol–water partition coefficient (Wildman–Crippen LogP) is 2.02. The Morgan fingerprint density at radius 3 is 2.44 bits per heavy atom. The Hall–Kier alpha value is -6.11. The van der Waals surface area contributed by atoms with Crippen molar-refractivity contribution in [2.24, 2.45) is 11.7 Å². The Morgan fingerprint density at radius 2 is 1.77 bits per heavy atom. The SMILES string of the molecule is CN(C(=O)c1cc(N2CCC(COC(=O)NC3CCCN(c4cnc(C(N)=O)c(Nc5ccc(S(C)(=O)=O)cc5)n4)C3)CC2)ccc1C=O)C1CCC(=O)NC1=O. The van der Waals surface area contributed by atoms with Crippen LogP contribution in [0.2, 0.25) is 0 Å². The van der Waals surface area contributed by atoms with Crippen molar-refractivity contribution in [3.63, 3.8) is 0 Å². The Morgan fingerprint density at radius 1 is 1.04 bits per heavy atom. The normalized spacial score (nSPS) is 19.0. The van der Waals surface area contributed by atoms with Crippen molar-refractivity contribution < 1.29 is 41.9 Å². The minimum absolute atomic E-state index is 0.0856. The van der Waals surface area contributed by atoms with Crippen molar-refractivity contribution in [2.75, 3.05) is 61.2 Å². The molecule has 0 spiro atoms. The average Bonchev–Trinajstić information content (AvgIpc) is 3.19. The van der Waals surface area contributed by atoms with E-state index in [0.717, 1.165) is 31.2 Å². The van der Waals surface area contributed by atoms with Crippen LogP contribution in [0.4, 0.5) is 27.8 Å². The summed E-state index contributed by atoms with van der Waals surface area (Å²) < 4.78 is 29.3. The number of imide groups is 1. The second-order valence-corrected chi connectivity index (χ2v) is 16.5. The van der Waals surface area contributed by atoms with Gasteiger partial charge in [-0.2, -0.15) is 0 Å². The van der Waals surface area contributed by atoms with E-state index in [1.807, 2.05) is 4.90 Å². The number of aldehydes is 1. The third-order valence-electron chi connectivity index (χ3n) is 10.4. The van der Waals surface area contributed by atoms with E-state index >= 15 is 0 Å². The molecular weight excluding hydrogens is 759 g/mol. The topological polar surface area (TPSA) is 243 Å². The van der Waals surface area contributed by atoms with Gasteiger partial charge in [0.25, 0.3) is 11.8 Å². The number of rotatable bonds is 12. The molecule has 1 aromatic heterocycles. The summed E-state index contributed by atoms with van der Waals surface area (Å²) in [5, 5.41) is 8.22. The van der Waals surface area contributed by atoms with Gasteiger partial charge in [-0.3, -0.25) is 29.3 Å². The second kappa shape index (κ2) is 17.4. The number of sulfone groups is 1. The zero-order valence-electron chi connectivity index (χ0n) is 31.6. The molecule has 5 amide bonds. The van der Waals surface area contributed by atoms with Crippen LogP contribution < -0.4 is 31.5 Å². The number of hydrogen-bond donors (Lipinski definition) is 4. The Kier molecular flexibility index (Phi) is 12.3. The fourth-order valence-electron chi connectivity index (χ4n) is 7.20. The number of nitrogens with one attached hydrogen (secondary N) is 3. The molecule has 6 rings (SSSR count). The fraction of sp³-hybridized carbons (Fsp3) is 0.421. The lowest BCUT2D eigenvalue weighted by atomic mass is 9.96. The molecule has 57 heavy (non-hydrogen) atoms. The monoisotopic (exact) mass is 803 g/mol. The number of aromatic nitrogens is 2. The molecule has 19 heteroatoms. The first-order valence-electron chi connectivity index (χ1n) is 18.6. The molecular formula is C38H45N9O9S. The van der Waals surface area contributed by atoms with Gasteiger partial charge < -0.3 is 35.8 Å². The number of hydrogen-bond acceptors (Lipinski definition) is 14. The van der Waals surface area contributed by atoms with Gasteiger partial charge in [0.15, 0.2) is 27.6 Å². The van der Waals surface area contributed by atoms with Gasteiger partial charge in [-0.05, 0) is 80.5 Å². The van der Waals surface area contributed by atoms with Crippen LogP contribution >= 0.6 is 0 Å². The van der Waals surface area contributed by atoms with E-state index in [1.165, 1.54) is 30.3 Å². The van der Waals surface area contributed by atoms with E-state index in [4.69, 9.17) is 10.5 Å². The van der Waals surface area contributed by atoms with Gasteiger partial charge >= 0.3 is 6.09 Å². The van der Waals surface area contributed by atoms with Crippen molar-refractivity contribution in [1.29, 1.82) is 0 Å². The first kappa shape index (κ1) is 40.6. The Balaban J connectivity index is 0.998. The maximum atomic E-state index is 13.4. The molecule has 2 atom stereocenters. The molecule has 4 heterocycles. The highest BCUT2D eigenvalue weighted by molar-refractivity contribution is 7.90. The Bertz CT molecular complexity index is 2160. The van der Waals surface area contributed by atoms with Crippen LogP contribution in [0, 0.1) is 5.92 Å². The molecule has 0 bridgehead atoms. The minimum Gasteiger partial charge on any atom is -0.449 e. The fourth-order valence-corrected chi connectivity index (χ4v) is 7.83. The molecule has 2 aromatic carbocycles. The molecule has 3 fully saturated rings. The number of carbonyl (C=O) groups excluding carboxylic acids is 6. The number of nitrogens with two attached hydrogens (primary N) is 1. The summed E-state index contributed by atoms with van der Waals surface area (Å²) >= 11 is 0. The van der Waals surface area contributed by atoms with Crippen LogP contribution in [-0.2, 0) is 24.2 Å². The van der Waals surface area contributed by atoms with Crippen LogP contribution in [0.1, 0.15) is 69.7 Å². The summed E-state index contributed by atoms with van der Waals surface area (Å²) in [7, 11) is -1.91. The summed E-state index contributed by atoms with van der Waals surface area (Å²) in [6.07, 6.45) is 5.84. The second-order valence-electron chi connectivity index (χ2n) is 14.4. The van der Waals surface area contributed by atoms with Crippen LogP contribution in [0.3, 0.4) is 0 Å². The molecule has 0 radical (unpaired) electrons. The van der Waals surface area contributed by atoms with Gasteiger partial charge in [-0.15, -0.1) is 0 Å². The maximum absolute atomic E-state index is 13.4. The zero-order valence-corrected chi connectivity index (χ0v) is 32.4. The predicted molar refractivity (Wildman–Crippen MR) is 208 cm³/mol. The number of anilines is 4. The van der Waals surface area contributed by atoms with Crippen molar-refractivity contribution in [1.82, 2.24) is 25.5 Å². The molecule has 3 saturated heterocycles. The van der Waals surface area contributed by atoms with Gasteiger partial charge in [0.2, 0.25) is 11.8 Å². The number of carbonyl (C=O) groups is 6. The van der Waals surface area contributed by atoms with Gasteiger partial charge in [0.1, 0.15) is 11.9 Å². The largest absolute Gasteiger partial charge is 0.449 e. The lowest BCUT2D eigenvalue weighted by molar-refractivity contribution is -0.136. The smallest absolute Gasteiger partial charge is 0.407 e. The Labute approximate surface area is 329 Å². The summed E-state index contributed by atoms with van der Waals surface area (Å²) in [6, 6.07) is 9.93. The number of alkyl carbamates (subject to hydrolysis) is 1. The number of ether oxygens (including phenoxy) is 1. The molecule has 0 saturated carbocycles. The van der Waals surface area contributed by atoms with Gasteiger partial charge in [-0.25, -0.2) is 23.2 Å². The molecule has 302 valence electrons. The third kappa shape index (κ3) is 9.83. The van der Waals surface area contributed by atoms with Crippen LogP contribution in [0.25, 0.3) is 0 Å². The first-order valence-corrected chi connectivity index (χ1v) is 20.5. The number of primary amides is 1. The van der Waals surface area contributed by atoms with Crippen molar-refractivity contribution in [2.45, 2.75) is 55.5 Å². The van der Waals surface area contributed by atoms with Gasteiger partial charge in [0.05, 0.1) is 23.3 Å². The molecule has 0 aliphatic carbocycles. The van der Waals surface area contributed by atoms with E-state index in [1.54, 1.807) is 30.3 Å². The van der Waals surface area contributed by atoms with Crippen molar-refractivity contribution >= 4 is 68.9 Å². The lowest BCUT2D eigenvalue weighted by Gasteiger charge is -2.35. The van der Waals surface area contributed by atoms with E-state index in [9.17, 15) is 37.2 Å². The summed E-state index contributed by atoms with van der Waals surface area (Å²) in [5.41, 5.74) is 7.07. The highest BCUT2D eigenvalue weighted by Gasteiger charge is 2.34. The molecule has 3 aliphatic heterocycles. The summed E-state index contributed by atoms with van der Waals surface area (Å²) in [6.45, 7) is 2.52. The highest BCUT2D eigenvalue weighted by Crippen LogP contribution is 2.28. The van der Waals surface area contributed by atoms with Crippen molar-refractivity contribution in [3.8, 4) is 0 Å². The highest BCUT2D eigenvalue weighted by atomic mass is 32.2. The number of nitrogens with zero attached hydrogens (tertiary/aromatic N) is 5.